The van der Waals surface area contributed by atoms with Crippen molar-refractivity contribution < 1.29 is 29.3 Å². The first-order valence-electron chi connectivity index (χ1n) is 12.2. The van der Waals surface area contributed by atoms with E-state index in [1.165, 1.54) is 11.3 Å². The molecule has 1 aliphatic heterocycles. The summed E-state index contributed by atoms with van der Waals surface area (Å²) in [5.41, 5.74) is 0.232. The first-order chi connectivity index (χ1) is 16.4. The maximum Gasteiger partial charge on any atom is 0.309 e. The summed E-state index contributed by atoms with van der Waals surface area (Å²) in [6.07, 6.45) is 4.77. The SMILES string of the molecule is CC(=Cc1csc(C)n1)[C@@H]1C=CC(C=O)CCC[C@H](C)C(O)[C@@H](C)C(=O)C(C)(C)C(O)CC(=O)O1. The van der Waals surface area contributed by atoms with Gasteiger partial charge in [0.25, 0.3) is 0 Å². The highest BCUT2D eigenvalue weighted by Gasteiger charge is 2.42. The number of esters is 1. The number of hydrogen-bond acceptors (Lipinski definition) is 8. The molecule has 194 valence electrons. The quantitative estimate of drug-likeness (QED) is 0.358. The van der Waals surface area contributed by atoms with Crippen molar-refractivity contribution in [3.8, 4) is 0 Å². The second-order valence-corrected chi connectivity index (χ2v) is 11.3. The third kappa shape index (κ3) is 7.92. The molecule has 0 spiro atoms. The number of allylic oxidation sites excluding steroid dienone is 1. The van der Waals surface area contributed by atoms with E-state index in [4.69, 9.17) is 4.74 Å². The highest BCUT2D eigenvalue weighted by atomic mass is 32.1. The van der Waals surface area contributed by atoms with Crippen LogP contribution in [0.2, 0.25) is 0 Å². The topological polar surface area (TPSA) is 114 Å². The van der Waals surface area contributed by atoms with Gasteiger partial charge in [-0.1, -0.05) is 40.2 Å². The van der Waals surface area contributed by atoms with Crippen LogP contribution in [0.15, 0.2) is 23.1 Å². The lowest BCUT2D eigenvalue weighted by molar-refractivity contribution is -0.152. The van der Waals surface area contributed by atoms with Crippen LogP contribution in [0.3, 0.4) is 0 Å². The Balaban J connectivity index is 2.38. The number of aldehydes is 1. The highest BCUT2D eigenvalue weighted by Crippen LogP contribution is 2.32. The molecule has 2 heterocycles. The lowest BCUT2D eigenvalue weighted by atomic mass is 9.73. The van der Waals surface area contributed by atoms with Crippen molar-refractivity contribution in [2.24, 2.45) is 23.2 Å². The zero-order valence-electron chi connectivity index (χ0n) is 21.6. The predicted octanol–water partition coefficient (Wildman–Crippen LogP) is 4.30. The number of ketones is 1. The van der Waals surface area contributed by atoms with Crippen molar-refractivity contribution in [1.29, 1.82) is 0 Å². The summed E-state index contributed by atoms with van der Waals surface area (Å²) < 4.78 is 5.69. The van der Waals surface area contributed by atoms with E-state index in [0.717, 1.165) is 22.6 Å². The molecule has 0 bridgehead atoms. The van der Waals surface area contributed by atoms with Gasteiger partial charge in [-0.2, -0.15) is 0 Å². The van der Waals surface area contributed by atoms with E-state index < -0.39 is 35.6 Å². The molecule has 0 aromatic carbocycles. The van der Waals surface area contributed by atoms with Crippen LogP contribution in [0.25, 0.3) is 6.08 Å². The monoisotopic (exact) mass is 505 g/mol. The molecule has 0 saturated carbocycles. The number of nitrogens with zero attached hydrogens (tertiary/aromatic N) is 1. The van der Waals surface area contributed by atoms with Crippen molar-refractivity contribution in [2.75, 3.05) is 0 Å². The van der Waals surface area contributed by atoms with Crippen LogP contribution in [0.4, 0.5) is 0 Å². The molecule has 8 heteroatoms. The van der Waals surface area contributed by atoms with Crippen molar-refractivity contribution in [3.05, 3.63) is 33.8 Å². The van der Waals surface area contributed by atoms with E-state index in [0.29, 0.717) is 19.3 Å². The Morgan fingerprint density at radius 2 is 1.89 bits per heavy atom. The van der Waals surface area contributed by atoms with Gasteiger partial charge in [-0.3, -0.25) is 9.59 Å². The number of aliphatic hydroxyl groups is 2. The normalized spacial score (nSPS) is 31.7. The molecule has 1 aromatic rings. The molecule has 35 heavy (non-hydrogen) atoms. The summed E-state index contributed by atoms with van der Waals surface area (Å²) in [6.45, 7) is 10.4. The smallest absolute Gasteiger partial charge is 0.309 e. The van der Waals surface area contributed by atoms with Crippen LogP contribution in [0, 0.1) is 30.1 Å². The van der Waals surface area contributed by atoms with Gasteiger partial charge in [0.2, 0.25) is 0 Å². The first kappa shape index (κ1) is 29.1. The molecule has 0 aliphatic carbocycles. The number of cyclic esters (lactones) is 1. The van der Waals surface area contributed by atoms with Gasteiger partial charge in [0.05, 0.1) is 34.7 Å². The van der Waals surface area contributed by atoms with E-state index in [9.17, 15) is 24.6 Å². The minimum absolute atomic E-state index is 0.157. The first-order valence-corrected chi connectivity index (χ1v) is 13.1. The van der Waals surface area contributed by atoms with E-state index >= 15 is 0 Å². The van der Waals surface area contributed by atoms with Gasteiger partial charge in [-0.15, -0.1) is 11.3 Å². The highest BCUT2D eigenvalue weighted by molar-refractivity contribution is 7.09. The third-order valence-electron chi connectivity index (χ3n) is 6.96. The number of thiazole rings is 1. The van der Waals surface area contributed by atoms with Crippen LogP contribution < -0.4 is 0 Å². The number of aromatic nitrogens is 1. The Bertz CT molecular complexity index is 949. The summed E-state index contributed by atoms with van der Waals surface area (Å²) >= 11 is 1.51. The number of rotatable bonds is 3. The molecule has 0 radical (unpaired) electrons. The number of carbonyl (C=O) groups is 3. The Hall–Kier alpha value is -2.16. The lowest BCUT2D eigenvalue weighted by Gasteiger charge is -2.34. The molecule has 3 unspecified atom stereocenters. The Morgan fingerprint density at radius 3 is 2.49 bits per heavy atom. The average molecular weight is 506 g/mol. The average Bonchev–Trinajstić information content (AvgIpc) is 3.21. The van der Waals surface area contributed by atoms with Crippen LogP contribution >= 0.6 is 11.3 Å². The van der Waals surface area contributed by atoms with Crippen molar-refractivity contribution in [1.82, 2.24) is 4.98 Å². The second-order valence-electron chi connectivity index (χ2n) is 10.3. The number of carbonyl (C=O) groups excluding carboxylic acids is 3. The van der Waals surface area contributed by atoms with Gasteiger partial charge in [0.15, 0.2) is 0 Å². The minimum atomic E-state index is -1.28. The minimum Gasteiger partial charge on any atom is -0.453 e. The molecule has 2 N–H and O–H groups in total. The Morgan fingerprint density at radius 1 is 1.20 bits per heavy atom. The summed E-state index contributed by atoms with van der Waals surface area (Å²) in [5, 5.41) is 24.4. The zero-order valence-corrected chi connectivity index (χ0v) is 22.4. The van der Waals surface area contributed by atoms with Gasteiger partial charge in [-0.05, 0) is 50.3 Å². The van der Waals surface area contributed by atoms with Gasteiger partial charge < -0.3 is 19.7 Å². The zero-order chi connectivity index (χ0) is 26.3. The Labute approximate surface area is 212 Å². The van der Waals surface area contributed by atoms with Crippen molar-refractivity contribution >= 4 is 35.5 Å². The standard InChI is InChI=1S/C27H39NO6S/c1-16-8-7-9-20(14-29)10-11-22(17(2)12-21-15-35-19(4)28-21)34-24(31)13-23(30)27(5,6)26(33)18(3)25(16)32/h10-12,14-16,18,20,22-23,25,30,32H,7-9,13H2,1-6H3/t16-,18+,20?,22-,23?,25?/m0/s1. The number of aliphatic hydroxyl groups excluding tert-OH is 2. The molecule has 1 aliphatic rings. The molecule has 1 aromatic heterocycles. The second kappa shape index (κ2) is 12.7. The maximum absolute atomic E-state index is 13.2. The number of Topliss-reactive ketones (excluding diaryl/α,β-unsaturated/α-hetero) is 1. The fraction of sp³-hybridized carbons (Fsp3) is 0.630. The molecule has 0 saturated heterocycles. The summed E-state index contributed by atoms with van der Waals surface area (Å²) in [7, 11) is 0. The van der Waals surface area contributed by atoms with Gasteiger partial charge in [0, 0.05) is 17.2 Å². The van der Waals surface area contributed by atoms with Crippen LogP contribution in [-0.4, -0.2) is 51.5 Å². The summed E-state index contributed by atoms with van der Waals surface area (Å²) in [5.74, 6) is -2.20. The van der Waals surface area contributed by atoms with Crippen molar-refractivity contribution in [2.45, 2.75) is 85.5 Å². The van der Waals surface area contributed by atoms with Crippen LogP contribution in [-0.2, 0) is 19.1 Å². The molecule has 0 amide bonds. The summed E-state index contributed by atoms with van der Waals surface area (Å²) in [6, 6.07) is 0. The van der Waals surface area contributed by atoms with Crippen molar-refractivity contribution in [3.63, 3.8) is 0 Å². The van der Waals surface area contributed by atoms with Gasteiger partial charge >= 0.3 is 5.97 Å². The largest absolute Gasteiger partial charge is 0.453 e. The molecular formula is C27H39NO6S. The molecule has 0 fully saturated rings. The van der Waals surface area contributed by atoms with Gasteiger partial charge in [0.1, 0.15) is 18.2 Å². The lowest BCUT2D eigenvalue weighted by Crippen LogP contribution is -2.45. The van der Waals surface area contributed by atoms with E-state index in [-0.39, 0.29) is 24.0 Å². The third-order valence-corrected chi connectivity index (χ3v) is 7.75. The van der Waals surface area contributed by atoms with E-state index in [2.05, 4.69) is 4.98 Å². The molecule has 7 nitrogen and oxygen atoms in total. The molecular weight excluding hydrogens is 466 g/mol. The predicted molar refractivity (Wildman–Crippen MR) is 137 cm³/mol. The van der Waals surface area contributed by atoms with E-state index in [1.54, 1.807) is 32.9 Å². The number of aryl methyl sites for hydroxylation is 1. The van der Waals surface area contributed by atoms with E-state index in [1.807, 2.05) is 32.2 Å². The summed E-state index contributed by atoms with van der Waals surface area (Å²) in [4.78, 5) is 42.1. The van der Waals surface area contributed by atoms with Gasteiger partial charge in [-0.25, -0.2) is 4.98 Å². The molecule has 2 rings (SSSR count). The number of hydrogen-bond donors (Lipinski definition) is 2. The molecule has 6 atom stereocenters. The maximum atomic E-state index is 13.2. The fourth-order valence-corrected chi connectivity index (χ4v) is 4.92. The number of ether oxygens (including phenoxy) is 1. The van der Waals surface area contributed by atoms with Crippen LogP contribution in [0.1, 0.15) is 71.0 Å². The van der Waals surface area contributed by atoms with Crippen LogP contribution in [0.5, 0.6) is 0 Å². The Kier molecular flexibility index (Phi) is 10.5. The fourth-order valence-electron chi connectivity index (χ4n) is 4.35.